The molecule has 1 atom stereocenters. The zero-order valence-electron chi connectivity index (χ0n) is 15.0. The van der Waals surface area contributed by atoms with Crippen molar-refractivity contribution in [3.8, 4) is 5.75 Å². The molecule has 1 saturated heterocycles. The van der Waals surface area contributed by atoms with Crippen molar-refractivity contribution < 1.29 is 27.5 Å². The molecule has 0 saturated carbocycles. The Morgan fingerprint density at radius 3 is 2.79 bits per heavy atom. The Hall–Kier alpha value is -3.10. The minimum absolute atomic E-state index is 0.0248. The summed E-state index contributed by atoms with van der Waals surface area (Å²) in [6.45, 7) is -0.189. The average Bonchev–Trinajstić information content (AvgIpc) is 3.07. The molecule has 1 N–H and O–H groups in total. The first-order valence-corrected chi connectivity index (χ1v) is 8.52. The van der Waals surface area contributed by atoms with Crippen LogP contribution in [-0.2, 0) is 22.3 Å². The second-order valence-corrected chi connectivity index (χ2v) is 6.33. The molecule has 0 radical (unpaired) electrons. The van der Waals surface area contributed by atoms with Crippen LogP contribution in [0, 0.1) is 5.92 Å². The summed E-state index contributed by atoms with van der Waals surface area (Å²) in [5.41, 5.74) is -0.424. The van der Waals surface area contributed by atoms with E-state index in [1.165, 1.54) is 12.0 Å². The largest absolute Gasteiger partial charge is 0.495 e. The number of methoxy groups -OCH3 is 1. The molecule has 0 spiro atoms. The van der Waals surface area contributed by atoms with Gasteiger partial charge in [0.2, 0.25) is 11.8 Å². The number of pyridine rings is 1. The maximum atomic E-state index is 13.0. The summed E-state index contributed by atoms with van der Waals surface area (Å²) in [6.07, 6.45) is -2.44. The van der Waals surface area contributed by atoms with Crippen LogP contribution < -0.4 is 15.0 Å². The van der Waals surface area contributed by atoms with Gasteiger partial charge in [0.1, 0.15) is 5.75 Å². The number of nitrogens with one attached hydrogen (secondary N) is 1. The summed E-state index contributed by atoms with van der Waals surface area (Å²) in [7, 11) is 1.48. The van der Waals surface area contributed by atoms with Gasteiger partial charge in [0.05, 0.1) is 24.3 Å². The van der Waals surface area contributed by atoms with E-state index in [1.807, 2.05) is 0 Å². The molecule has 1 aromatic carbocycles. The Kier molecular flexibility index (Phi) is 5.53. The average molecular weight is 393 g/mol. The van der Waals surface area contributed by atoms with E-state index < -0.39 is 23.6 Å². The van der Waals surface area contributed by atoms with E-state index >= 15 is 0 Å². The van der Waals surface area contributed by atoms with Crippen molar-refractivity contribution in [1.82, 2.24) is 10.3 Å². The summed E-state index contributed by atoms with van der Waals surface area (Å²) >= 11 is 0. The van der Waals surface area contributed by atoms with Gasteiger partial charge in [-0.1, -0.05) is 12.1 Å². The Labute approximate surface area is 159 Å². The molecule has 1 aliphatic heterocycles. The molecule has 0 aliphatic carbocycles. The number of halogens is 3. The molecule has 2 amide bonds. The number of benzene rings is 1. The molecular formula is C19H18F3N3O3. The van der Waals surface area contributed by atoms with Gasteiger partial charge in [0.15, 0.2) is 0 Å². The number of para-hydroxylation sites is 2. The molecule has 1 unspecified atom stereocenters. The van der Waals surface area contributed by atoms with Crippen molar-refractivity contribution in [1.29, 1.82) is 0 Å². The molecule has 2 aromatic rings. The highest BCUT2D eigenvalue weighted by molar-refractivity contribution is 6.01. The number of carbonyl (C=O) groups excluding carboxylic acids is 2. The Morgan fingerprint density at radius 1 is 1.32 bits per heavy atom. The van der Waals surface area contributed by atoms with Crippen LogP contribution in [0.15, 0.2) is 42.7 Å². The molecule has 1 fully saturated rings. The fourth-order valence-corrected chi connectivity index (χ4v) is 3.14. The van der Waals surface area contributed by atoms with Gasteiger partial charge in [0, 0.05) is 37.5 Å². The monoisotopic (exact) mass is 393 g/mol. The first-order valence-electron chi connectivity index (χ1n) is 8.52. The minimum Gasteiger partial charge on any atom is -0.495 e. The maximum Gasteiger partial charge on any atom is 0.416 e. The molecule has 9 heteroatoms. The Bertz CT molecular complexity index is 886. The molecule has 1 aliphatic rings. The third-order valence-corrected chi connectivity index (χ3v) is 4.53. The first kappa shape index (κ1) is 19.7. The summed E-state index contributed by atoms with van der Waals surface area (Å²) in [4.78, 5) is 29.9. The zero-order chi connectivity index (χ0) is 20.3. The highest BCUT2D eigenvalue weighted by atomic mass is 19.4. The van der Waals surface area contributed by atoms with Crippen LogP contribution in [0.3, 0.4) is 0 Å². The highest BCUT2D eigenvalue weighted by Crippen LogP contribution is 2.33. The fourth-order valence-electron chi connectivity index (χ4n) is 3.14. The lowest BCUT2D eigenvalue weighted by molar-refractivity contribution is -0.138. The Balaban J connectivity index is 1.68. The lowest BCUT2D eigenvalue weighted by atomic mass is 10.1. The van der Waals surface area contributed by atoms with E-state index in [0.29, 0.717) is 11.4 Å². The number of nitrogens with zero attached hydrogens (tertiary/aromatic N) is 2. The van der Waals surface area contributed by atoms with Crippen LogP contribution >= 0.6 is 0 Å². The van der Waals surface area contributed by atoms with Gasteiger partial charge in [-0.15, -0.1) is 0 Å². The molecule has 1 aromatic heterocycles. The summed E-state index contributed by atoms with van der Waals surface area (Å²) in [5, 5.41) is 2.49. The van der Waals surface area contributed by atoms with Crippen molar-refractivity contribution in [3.63, 3.8) is 0 Å². The van der Waals surface area contributed by atoms with Crippen molar-refractivity contribution in [2.45, 2.75) is 19.1 Å². The number of aromatic nitrogens is 1. The summed E-state index contributed by atoms with van der Waals surface area (Å²) in [6, 6.07) is 7.79. The molecule has 28 heavy (non-hydrogen) atoms. The summed E-state index contributed by atoms with van der Waals surface area (Å²) in [5.74, 6) is -0.893. The van der Waals surface area contributed by atoms with Gasteiger partial charge >= 0.3 is 6.18 Å². The molecular weight excluding hydrogens is 375 g/mol. The van der Waals surface area contributed by atoms with Crippen molar-refractivity contribution in [2.75, 3.05) is 18.6 Å². The first-order chi connectivity index (χ1) is 13.3. The quantitative estimate of drug-likeness (QED) is 0.848. The molecule has 148 valence electrons. The number of hydrogen-bond donors (Lipinski definition) is 1. The van der Waals surface area contributed by atoms with Crippen LogP contribution in [0.1, 0.15) is 17.5 Å². The fraction of sp³-hybridized carbons (Fsp3) is 0.316. The van der Waals surface area contributed by atoms with Gasteiger partial charge in [-0.25, -0.2) is 0 Å². The normalized spacial score (nSPS) is 16.9. The smallest absolute Gasteiger partial charge is 0.416 e. The minimum atomic E-state index is -4.53. The van der Waals surface area contributed by atoms with Gasteiger partial charge in [-0.2, -0.15) is 13.2 Å². The predicted octanol–water partition coefficient (Wildman–Crippen LogP) is 2.78. The number of anilines is 1. The number of carbonyl (C=O) groups is 2. The summed E-state index contributed by atoms with van der Waals surface area (Å²) < 4.78 is 44.3. The SMILES string of the molecule is COc1ccccc1N1CC(C(=O)NCc2cnccc2C(F)(F)F)CC1=O. The molecule has 0 bridgehead atoms. The Morgan fingerprint density at radius 2 is 2.07 bits per heavy atom. The zero-order valence-corrected chi connectivity index (χ0v) is 15.0. The van der Waals surface area contributed by atoms with E-state index in [-0.39, 0.29) is 31.0 Å². The molecule has 2 heterocycles. The van der Waals surface area contributed by atoms with Crippen LogP contribution in [0.4, 0.5) is 18.9 Å². The lowest BCUT2D eigenvalue weighted by Crippen LogP contribution is -2.33. The maximum absolute atomic E-state index is 13.0. The van der Waals surface area contributed by atoms with Gasteiger partial charge in [0.25, 0.3) is 0 Å². The van der Waals surface area contributed by atoms with E-state index in [9.17, 15) is 22.8 Å². The second kappa shape index (κ2) is 7.87. The van der Waals surface area contributed by atoms with E-state index in [1.54, 1.807) is 24.3 Å². The van der Waals surface area contributed by atoms with Gasteiger partial charge in [-0.05, 0) is 18.2 Å². The van der Waals surface area contributed by atoms with Gasteiger partial charge in [-0.3, -0.25) is 14.6 Å². The lowest BCUT2D eigenvalue weighted by Gasteiger charge is -2.19. The number of amides is 2. The third-order valence-electron chi connectivity index (χ3n) is 4.53. The van der Waals surface area contributed by atoms with Crippen molar-refractivity contribution >= 4 is 17.5 Å². The van der Waals surface area contributed by atoms with Crippen LogP contribution in [-0.4, -0.2) is 30.5 Å². The molecule has 3 rings (SSSR count). The third kappa shape index (κ3) is 4.08. The van der Waals surface area contributed by atoms with Crippen LogP contribution in [0.2, 0.25) is 0 Å². The van der Waals surface area contributed by atoms with E-state index in [2.05, 4.69) is 10.3 Å². The number of rotatable bonds is 5. The second-order valence-electron chi connectivity index (χ2n) is 6.33. The van der Waals surface area contributed by atoms with E-state index in [0.717, 1.165) is 18.5 Å². The number of hydrogen-bond acceptors (Lipinski definition) is 4. The van der Waals surface area contributed by atoms with Crippen LogP contribution in [0.5, 0.6) is 5.75 Å². The number of ether oxygens (including phenoxy) is 1. The molecule has 6 nitrogen and oxygen atoms in total. The number of alkyl halides is 3. The van der Waals surface area contributed by atoms with Crippen molar-refractivity contribution in [2.24, 2.45) is 5.92 Å². The van der Waals surface area contributed by atoms with Crippen molar-refractivity contribution in [3.05, 3.63) is 53.9 Å². The van der Waals surface area contributed by atoms with Gasteiger partial charge < -0.3 is 15.0 Å². The van der Waals surface area contributed by atoms with E-state index in [4.69, 9.17) is 4.74 Å². The standard InChI is InChI=1S/C19H18F3N3O3/c1-28-16-5-3-2-4-15(16)25-11-12(8-17(25)26)18(27)24-10-13-9-23-7-6-14(13)19(20,21)22/h2-7,9,12H,8,10-11H2,1H3,(H,24,27). The topological polar surface area (TPSA) is 71.5 Å². The van der Waals surface area contributed by atoms with Crippen LogP contribution in [0.25, 0.3) is 0 Å². The predicted molar refractivity (Wildman–Crippen MR) is 94.5 cm³/mol. The highest BCUT2D eigenvalue weighted by Gasteiger charge is 2.37.